The van der Waals surface area contributed by atoms with Crippen molar-refractivity contribution in [2.45, 2.75) is 33.7 Å². The summed E-state index contributed by atoms with van der Waals surface area (Å²) < 4.78 is 0. The van der Waals surface area contributed by atoms with Crippen LogP contribution >= 0.6 is 0 Å². The van der Waals surface area contributed by atoms with Crippen LogP contribution in [0.15, 0.2) is 47.5 Å². The van der Waals surface area contributed by atoms with Crippen LogP contribution in [0.3, 0.4) is 0 Å². The second-order valence-electron chi connectivity index (χ2n) is 7.26. The monoisotopic (exact) mass is 380 g/mol. The topological polar surface area (TPSA) is 56.7 Å². The molecule has 0 saturated heterocycles. The molecule has 5 nitrogen and oxygen atoms in total. The first-order chi connectivity index (χ1) is 13.4. The molecule has 150 valence electrons. The number of hydrogen-bond donors (Lipinski definition) is 2. The highest BCUT2D eigenvalue weighted by Crippen LogP contribution is 2.09. The molecule has 2 N–H and O–H groups in total. The van der Waals surface area contributed by atoms with E-state index < -0.39 is 0 Å². The number of amides is 1. The van der Waals surface area contributed by atoms with Crippen molar-refractivity contribution in [1.82, 2.24) is 15.5 Å². The van der Waals surface area contributed by atoms with Gasteiger partial charge in [0.05, 0.1) is 6.54 Å². The summed E-state index contributed by atoms with van der Waals surface area (Å²) >= 11 is 0. The van der Waals surface area contributed by atoms with Gasteiger partial charge in [-0.1, -0.05) is 41.5 Å². The van der Waals surface area contributed by atoms with Crippen molar-refractivity contribution in [3.8, 4) is 0 Å². The molecule has 0 unspecified atom stereocenters. The summed E-state index contributed by atoms with van der Waals surface area (Å²) in [5.74, 6) is 0.816. The van der Waals surface area contributed by atoms with E-state index in [1.807, 2.05) is 24.3 Å². The summed E-state index contributed by atoms with van der Waals surface area (Å²) in [6, 6.07) is 14.3. The van der Waals surface area contributed by atoms with E-state index in [9.17, 15) is 4.79 Å². The van der Waals surface area contributed by atoms with E-state index in [4.69, 9.17) is 0 Å². The fraction of sp³-hybridized carbons (Fsp3) is 0.391. The number of nitrogens with one attached hydrogen (secondary N) is 2. The number of aryl methyl sites for hydroxylation is 2. The molecule has 2 aromatic rings. The fourth-order valence-electron chi connectivity index (χ4n) is 3.06. The van der Waals surface area contributed by atoms with Gasteiger partial charge in [-0.25, -0.2) is 4.99 Å². The van der Waals surface area contributed by atoms with Crippen molar-refractivity contribution in [2.24, 2.45) is 4.99 Å². The van der Waals surface area contributed by atoms with E-state index in [0.29, 0.717) is 12.1 Å². The summed E-state index contributed by atoms with van der Waals surface area (Å²) in [5.41, 5.74) is 5.69. The average Bonchev–Trinajstić information content (AvgIpc) is 2.65. The Labute approximate surface area is 168 Å². The van der Waals surface area contributed by atoms with Crippen LogP contribution in [0.2, 0.25) is 0 Å². The molecule has 0 bridgehead atoms. The Morgan fingerprint density at radius 3 is 2.18 bits per heavy atom. The Bertz CT molecular complexity index is 790. The summed E-state index contributed by atoms with van der Waals surface area (Å²) in [7, 11) is 3.51. The van der Waals surface area contributed by atoms with Gasteiger partial charge in [-0.05, 0) is 50.5 Å². The summed E-state index contributed by atoms with van der Waals surface area (Å²) in [5, 5.41) is 6.69. The zero-order valence-electron chi connectivity index (χ0n) is 17.7. The lowest BCUT2D eigenvalue weighted by atomic mass is 10.1. The Balaban J connectivity index is 1.93. The number of rotatable bonds is 7. The molecule has 0 aliphatic heterocycles. The fourth-order valence-corrected chi connectivity index (χ4v) is 3.06. The smallest absolute Gasteiger partial charge is 0.253 e. The molecule has 0 spiro atoms. The average molecular weight is 381 g/mol. The van der Waals surface area contributed by atoms with Crippen molar-refractivity contribution in [3.63, 3.8) is 0 Å². The van der Waals surface area contributed by atoms with Gasteiger partial charge >= 0.3 is 0 Å². The van der Waals surface area contributed by atoms with Gasteiger partial charge in [-0.15, -0.1) is 0 Å². The molecule has 0 aliphatic carbocycles. The minimum Gasteiger partial charge on any atom is -0.357 e. The van der Waals surface area contributed by atoms with E-state index in [2.05, 4.69) is 54.6 Å². The van der Waals surface area contributed by atoms with Crippen LogP contribution < -0.4 is 10.6 Å². The van der Waals surface area contributed by atoms with Crippen LogP contribution in [0.1, 0.15) is 39.5 Å². The minimum absolute atomic E-state index is 0.0106. The molecule has 0 heterocycles. The van der Waals surface area contributed by atoms with Gasteiger partial charge in [-0.2, -0.15) is 0 Å². The largest absolute Gasteiger partial charge is 0.357 e. The molecular formula is C23H32N4O. The van der Waals surface area contributed by atoms with E-state index in [1.54, 1.807) is 19.0 Å². The molecule has 5 heteroatoms. The van der Waals surface area contributed by atoms with Crippen molar-refractivity contribution in [2.75, 3.05) is 27.2 Å². The first-order valence-corrected chi connectivity index (χ1v) is 9.79. The SMILES string of the molecule is CCNC(=NCc1ccc(C(=O)N(C)C)cc1)NCCc1cc(C)cc(C)c1. The van der Waals surface area contributed by atoms with Crippen molar-refractivity contribution >= 4 is 11.9 Å². The zero-order valence-corrected chi connectivity index (χ0v) is 17.7. The van der Waals surface area contributed by atoms with Crippen LogP contribution in [-0.2, 0) is 13.0 Å². The van der Waals surface area contributed by atoms with Crippen LogP contribution in [0.4, 0.5) is 0 Å². The van der Waals surface area contributed by atoms with Crippen LogP contribution in [-0.4, -0.2) is 44.0 Å². The van der Waals surface area contributed by atoms with Gasteiger partial charge in [-0.3, -0.25) is 4.79 Å². The molecule has 0 aromatic heterocycles. The Morgan fingerprint density at radius 2 is 1.61 bits per heavy atom. The van der Waals surface area contributed by atoms with Gasteiger partial charge in [0.1, 0.15) is 0 Å². The molecule has 0 aliphatic rings. The molecule has 0 fully saturated rings. The molecule has 2 rings (SSSR count). The summed E-state index contributed by atoms with van der Waals surface area (Å²) in [6.45, 7) is 8.52. The maximum atomic E-state index is 12.0. The maximum Gasteiger partial charge on any atom is 0.253 e. The predicted molar refractivity (Wildman–Crippen MR) is 117 cm³/mol. The van der Waals surface area contributed by atoms with Gasteiger partial charge in [0, 0.05) is 32.7 Å². The quantitative estimate of drug-likeness (QED) is 0.572. The van der Waals surface area contributed by atoms with E-state index in [0.717, 1.165) is 31.0 Å². The van der Waals surface area contributed by atoms with Crippen molar-refractivity contribution in [1.29, 1.82) is 0 Å². The number of guanidine groups is 1. The molecule has 28 heavy (non-hydrogen) atoms. The first kappa shape index (κ1) is 21.5. The molecule has 1 amide bonds. The molecule has 0 radical (unpaired) electrons. The molecular weight excluding hydrogens is 348 g/mol. The molecule has 0 saturated carbocycles. The second kappa shape index (κ2) is 10.5. The van der Waals surface area contributed by atoms with Crippen molar-refractivity contribution in [3.05, 3.63) is 70.3 Å². The van der Waals surface area contributed by atoms with Gasteiger partial charge in [0.25, 0.3) is 5.91 Å². The van der Waals surface area contributed by atoms with Gasteiger partial charge in [0.15, 0.2) is 5.96 Å². The number of carbonyl (C=O) groups excluding carboxylic acids is 1. The van der Waals surface area contributed by atoms with Crippen LogP contribution in [0.25, 0.3) is 0 Å². The number of hydrogen-bond acceptors (Lipinski definition) is 2. The highest BCUT2D eigenvalue weighted by atomic mass is 16.2. The standard InChI is InChI=1S/C23H32N4O/c1-6-24-23(25-12-11-20-14-17(2)13-18(3)15-20)26-16-19-7-9-21(10-8-19)22(28)27(4)5/h7-10,13-15H,6,11-12,16H2,1-5H3,(H2,24,25,26). The lowest BCUT2D eigenvalue weighted by molar-refractivity contribution is 0.0827. The third-order valence-corrected chi connectivity index (χ3v) is 4.36. The molecule has 2 aromatic carbocycles. The third-order valence-electron chi connectivity index (χ3n) is 4.36. The van der Waals surface area contributed by atoms with Gasteiger partial charge < -0.3 is 15.5 Å². The Morgan fingerprint density at radius 1 is 0.964 bits per heavy atom. The highest BCUT2D eigenvalue weighted by Gasteiger charge is 2.07. The zero-order chi connectivity index (χ0) is 20.5. The van der Waals surface area contributed by atoms with Crippen molar-refractivity contribution < 1.29 is 4.79 Å². The lowest BCUT2D eigenvalue weighted by Gasteiger charge is -2.12. The van der Waals surface area contributed by atoms with E-state index in [1.165, 1.54) is 16.7 Å². The van der Waals surface area contributed by atoms with Gasteiger partial charge in [0.2, 0.25) is 0 Å². The van der Waals surface area contributed by atoms with Crippen LogP contribution in [0, 0.1) is 13.8 Å². The predicted octanol–water partition coefficient (Wildman–Crippen LogP) is 3.30. The van der Waals surface area contributed by atoms with E-state index >= 15 is 0 Å². The first-order valence-electron chi connectivity index (χ1n) is 9.79. The Kier molecular flexibility index (Phi) is 8.05. The number of carbonyl (C=O) groups is 1. The second-order valence-corrected chi connectivity index (χ2v) is 7.26. The normalized spacial score (nSPS) is 11.2. The minimum atomic E-state index is 0.0106. The highest BCUT2D eigenvalue weighted by molar-refractivity contribution is 5.93. The van der Waals surface area contributed by atoms with Crippen LogP contribution in [0.5, 0.6) is 0 Å². The summed E-state index contributed by atoms with van der Waals surface area (Å²) in [6.07, 6.45) is 0.953. The Hall–Kier alpha value is -2.82. The third kappa shape index (κ3) is 6.72. The number of nitrogens with zero attached hydrogens (tertiary/aromatic N) is 2. The maximum absolute atomic E-state index is 12.0. The lowest BCUT2D eigenvalue weighted by Crippen LogP contribution is -2.38. The number of aliphatic imine (C=N–C) groups is 1. The number of benzene rings is 2. The van der Waals surface area contributed by atoms with E-state index in [-0.39, 0.29) is 5.91 Å². The summed E-state index contributed by atoms with van der Waals surface area (Å²) in [4.78, 5) is 18.2. The molecule has 0 atom stereocenters.